The number of halogens is 1. The first kappa shape index (κ1) is 15.6. The van der Waals surface area contributed by atoms with Gasteiger partial charge in [-0.1, -0.05) is 34.1 Å². The highest BCUT2D eigenvalue weighted by Gasteiger charge is 2.21. The van der Waals surface area contributed by atoms with Gasteiger partial charge in [-0.15, -0.1) is 0 Å². The zero-order valence-corrected chi connectivity index (χ0v) is 12.7. The summed E-state index contributed by atoms with van der Waals surface area (Å²) in [6, 6.07) is 8.01. The Balaban J connectivity index is 2.37. The van der Waals surface area contributed by atoms with Crippen LogP contribution in [0.1, 0.15) is 18.9 Å². The summed E-state index contributed by atoms with van der Waals surface area (Å²) in [6.45, 7) is 4.19. The van der Waals surface area contributed by atoms with Crippen molar-refractivity contribution in [3.8, 4) is 0 Å². The molecule has 0 amide bonds. The molecule has 0 bridgehead atoms. The van der Waals surface area contributed by atoms with Crippen LogP contribution in [0.15, 0.2) is 28.7 Å². The molecule has 0 aliphatic carbocycles. The molecule has 0 aromatic heterocycles. The first-order valence-electron chi connectivity index (χ1n) is 6.20. The SMILES string of the molecule is COCCNCCC(C)(O)Cc1ccccc1Br. The molecule has 2 N–H and O–H groups in total. The van der Waals surface area contributed by atoms with Crippen molar-refractivity contribution in [2.75, 3.05) is 26.8 Å². The van der Waals surface area contributed by atoms with E-state index in [1.54, 1.807) is 7.11 Å². The summed E-state index contributed by atoms with van der Waals surface area (Å²) in [5.74, 6) is 0. The molecule has 0 radical (unpaired) electrons. The summed E-state index contributed by atoms with van der Waals surface area (Å²) in [5.41, 5.74) is 0.448. The average Bonchev–Trinajstić information content (AvgIpc) is 2.31. The maximum absolute atomic E-state index is 10.4. The third kappa shape index (κ3) is 5.96. The quantitative estimate of drug-likeness (QED) is 0.724. The Morgan fingerprint density at radius 1 is 1.33 bits per heavy atom. The molecule has 0 saturated carbocycles. The fraction of sp³-hybridized carbons (Fsp3) is 0.571. The number of rotatable bonds is 8. The molecule has 4 heteroatoms. The van der Waals surface area contributed by atoms with Gasteiger partial charge in [0.15, 0.2) is 0 Å². The third-order valence-corrected chi connectivity index (χ3v) is 3.63. The molecule has 102 valence electrons. The zero-order chi connectivity index (χ0) is 13.4. The maximum Gasteiger partial charge on any atom is 0.0672 e. The summed E-state index contributed by atoms with van der Waals surface area (Å²) in [5, 5.41) is 13.6. The van der Waals surface area contributed by atoms with Gasteiger partial charge in [-0.25, -0.2) is 0 Å². The van der Waals surface area contributed by atoms with E-state index in [1.807, 2.05) is 31.2 Å². The van der Waals surface area contributed by atoms with E-state index < -0.39 is 5.60 Å². The fourth-order valence-electron chi connectivity index (χ4n) is 1.80. The number of methoxy groups -OCH3 is 1. The van der Waals surface area contributed by atoms with Crippen LogP contribution in [-0.4, -0.2) is 37.5 Å². The zero-order valence-electron chi connectivity index (χ0n) is 11.1. The largest absolute Gasteiger partial charge is 0.390 e. The van der Waals surface area contributed by atoms with Crippen molar-refractivity contribution < 1.29 is 9.84 Å². The van der Waals surface area contributed by atoms with Gasteiger partial charge in [0.2, 0.25) is 0 Å². The molecule has 1 atom stereocenters. The van der Waals surface area contributed by atoms with E-state index in [4.69, 9.17) is 4.74 Å². The van der Waals surface area contributed by atoms with Crippen molar-refractivity contribution in [3.05, 3.63) is 34.3 Å². The van der Waals surface area contributed by atoms with Crippen molar-refractivity contribution in [2.24, 2.45) is 0 Å². The van der Waals surface area contributed by atoms with Crippen LogP contribution in [0.5, 0.6) is 0 Å². The Morgan fingerprint density at radius 2 is 2.06 bits per heavy atom. The number of aliphatic hydroxyl groups is 1. The molecule has 1 rings (SSSR count). The van der Waals surface area contributed by atoms with Crippen molar-refractivity contribution in [3.63, 3.8) is 0 Å². The van der Waals surface area contributed by atoms with E-state index in [0.717, 1.165) is 29.5 Å². The van der Waals surface area contributed by atoms with Crippen LogP contribution in [0.2, 0.25) is 0 Å². The molecule has 0 saturated heterocycles. The lowest BCUT2D eigenvalue weighted by atomic mass is 9.93. The highest BCUT2D eigenvalue weighted by atomic mass is 79.9. The molecular weight excluding hydrogens is 294 g/mol. The molecule has 0 fully saturated rings. The van der Waals surface area contributed by atoms with Crippen LogP contribution in [0.4, 0.5) is 0 Å². The van der Waals surface area contributed by atoms with Gasteiger partial charge < -0.3 is 15.2 Å². The van der Waals surface area contributed by atoms with E-state index in [2.05, 4.69) is 21.2 Å². The number of hydrogen-bond acceptors (Lipinski definition) is 3. The van der Waals surface area contributed by atoms with Crippen molar-refractivity contribution in [1.29, 1.82) is 0 Å². The van der Waals surface area contributed by atoms with Crippen molar-refractivity contribution in [2.45, 2.75) is 25.4 Å². The van der Waals surface area contributed by atoms with E-state index in [1.165, 1.54) is 0 Å². The molecule has 1 unspecified atom stereocenters. The van der Waals surface area contributed by atoms with E-state index >= 15 is 0 Å². The average molecular weight is 316 g/mol. The topological polar surface area (TPSA) is 41.5 Å². The van der Waals surface area contributed by atoms with Crippen LogP contribution in [0.25, 0.3) is 0 Å². The van der Waals surface area contributed by atoms with Crippen LogP contribution < -0.4 is 5.32 Å². The maximum atomic E-state index is 10.4. The molecule has 0 aliphatic rings. The minimum absolute atomic E-state index is 0.653. The molecule has 0 aliphatic heterocycles. The Bertz CT molecular complexity index is 355. The first-order chi connectivity index (χ1) is 8.55. The van der Waals surface area contributed by atoms with Crippen molar-refractivity contribution >= 4 is 15.9 Å². The Hall–Kier alpha value is -0.420. The smallest absolute Gasteiger partial charge is 0.0672 e. The summed E-state index contributed by atoms with van der Waals surface area (Å²) in [7, 11) is 1.69. The second-order valence-corrected chi connectivity index (χ2v) is 5.61. The second-order valence-electron chi connectivity index (χ2n) is 4.76. The Morgan fingerprint density at radius 3 is 2.72 bits per heavy atom. The van der Waals surface area contributed by atoms with Gasteiger partial charge in [0, 0.05) is 24.5 Å². The molecule has 1 aromatic carbocycles. The molecular formula is C14H22BrNO2. The van der Waals surface area contributed by atoms with Crippen LogP contribution >= 0.6 is 15.9 Å². The van der Waals surface area contributed by atoms with Gasteiger partial charge in [-0.3, -0.25) is 0 Å². The second kappa shape index (κ2) is 7.89. The summed E-state index contributed by atoms with van der Waals surface area (Å²) in [4.78, 5) is 0. The molecule has 0 heterocycles. The Labute approximate surface area is 118 Å². The molecule has 0 spiro atoms. The lowest BCUT2D eigenvalue weighted by Crippen LogP contribution is -2.33. The standard InChI is InChI=1S/C14H22BrNO2/c1-14(17,7-8-16-9-10-18-2)11-12-5-3-4-6-13(12)15/h3-6,16-17H,7-11H2,1-2H3. The molecule has 18 heavy (non-hydrogen) atoms. The first-order valence-corrected chi connectivity index (χ1v) is 7.00. The highest BCUT2D eigenvalue weighted by molar-refractivity contribution is 9.10. The van der Waals surface area contributed by atoms with Gasteiger partial charge >= 0.3 is 0 Å². The Kier molecular flexibility index (Phi) is 6.86. The number of hydrogen-bond donors (Lipinski definition) is 2. The van der Waals surface area contributed by atoms with Gasteiger partial charge in [-0.05, 0) is 31.5 Å². The van der Waals surface area contributed by atoms with Crippen LogP contribution in [-0.2, 0) is 11.2 Å². The van der Waals surface area contributed by atoms with Gasteiger partial charge in [-0.2, -0.15) is 0 Å². The summed E-state index contributed by atoms with van der Waals surface area (Å²) < 4.78 is 6.01. The predicted molar refractivity (Wildman–Crippen MR) is 77.8 cm³/mol. The van der Waals surface area contributed by atoms with Gasteiger partial charge in [0.05, 0.1) is 12.2 Å². The van der Waals surface area contributed by atoms with E-state index in [-0.39, 0.29) is 0 Å². The summed E-state index contributed by atoms with van der Waals surface area (Å²) in [6.07, 6.45) is 1.37. The van der Waals surface area contributed by atoms with Gasteiger partial charge in [0.25, 0.3) is 0 Å². The predicted octanol–water partition coefficient (Wildman–Crippen LogP) is 2.37. The molecule has 1 aromatic rings. The highest BCUT2D eigenvalue weighted by Crippen LogP contribution is 2.23. The normalized spacial score (nSPS) is 14.4. The van der Waals surface area contributed by atoms with Crippen LogP contribution in [0, 0.1) is 0 Å². The number of ether oxygens (including phenoxy) is 1. The lowest BCUT2D eigenvalue weighted by molar-refractivity contribution is 0.0509. The third-order valence-electron chi connectivity index (χ3n) is 2.85. The minimum atomic E-state index is -0.691. The minimum Gasteiger partial charge on any atom is -0.390 e. The number of nitrogens with one attached hydrogen (secondary N) is 1. The van der Waals surface area contributed by atoms with Crippen LogP contribution in [0.3, 0.4) is 0 Å². The van der Waals surface area contributed by atoms with E-state index in [9.17, 15) is 5.11 Å². The fourth-order valence-corrected chi connectivity index (χ4v) is 2.22. The number of benzene rings is 1. The summed E-state index contributed by atoms with van der Waals surface area (Å²) >= 11 is 3.51. The van der Waals surface area contributed by atoms with Gasteiger partial charge in [0.1, 0.15) is 0 Å². The lowest BCUT2D eigenvalue weighted by Gasteiger charge is -2.24. The van der Waals surface area contributed by atoms with Crippen molar-refractivity contribution in [1.82, 2.24) is 5.32 Å². The van der Waals surface area contributed by atoms with E-state index in [0.29, 0.717) is 13.0 Å². The molecule has 3 nitrogen and oxygen atoms in total. The monoisotopic (exact) mass is 315 g/mol.